The van der Waals surface area contributed by atoms with Gasteiger partial charge in [0.25, 0.3) is 5.91 Å². The number of sulfonamides is 1. The number of hydrogen-bond donors (Lipinski definition) is 0. The van der Waals surface area contributed by atoms with E-state index in [9.17, 15) is 18.0 Å². The molecule has 1 aromatic carbocycles. The second kappa shape index (κ2) is 8.96. The van der Waals surface area contributed by atoms with Crippen molar-refractivity contribution in [1.29, 1.82) is 0 Å². The quantitative estimate of drug-likeness (QED) is 0.691. The first kappa shape index (κ1) is 21.1. The average molecular weight is 369 g/mol. The van der Waals surface area contributed by atoms with Crippen LogP contribution in [-0.4, -0.2) is 74.6 Å². The predicted octanol–water partition coefficient (Wildman–Crippen LogP) is 1.27. The molecule has 0 spiro atoms. The molecule has 0 unspecified atom stereocenters. The highest BCUT2D eigenvalue weighted by Gasteiger charge is 2.26. The molecule has 7 nitrogen and oxygen atoms in total. The van der Waals surface area contributed by atoms with Crippen LogP contribution in [-0.2, 0) is 14.8 Å². The van der Waals surface area contributed by atoms with Gasteiger partial charge >= 0.3 is 0 Å². The summed E-state index contributed by atoms with van der Waals surface area (Å²) >= 11 is 0. The number of likely N-dealkylation sites (N-methyl/N-ethyl adjacent to an activating group) is 2. The van der Waals surface area contributed by atoms with E-state index >= 15 is 0 Å². The molecule has 25 heavy (non-hydrogen) atoms. The van der Waals surface area contributed by atoms with Gasteiger partial charge in [0, 0.05) is 39.3 Å². The summed E-state index contributed by atoms with van der Waals surface area (Å²) in [7, 11) is -0.633. The van der Waals surface area contributed by atoms with Crippen LogP contribution >= 0.6 is 0 Å². The largest absolute Gasteiger partial charge is 0.348 e. The van der Waals surface area contributed by atoms with Gasteiger partial charge in [0.2, 0.25) is 15.9 Å². The Hall–Kier alpha value is -1.93. The minimum atomic E-state index is -3.79. The number of rotatable bonds is 8. The second-order valence-electron chi connectivity index (χ2n) is 5.72. The smallest absolute Gasteiger partial charge is 0.253 e. The molecule has 0 saturated carbocycles. The van der Waals surface area contributed by atoms with Crippen LogP contribution in [0.1, 0.15) is 31.1 Å². The lowest BCUT2D eigenvalue weighted by atomic mass is 10.2. The number of hydrogen-bond acceptors (Lipinski definition) is 4. The molecule has 0 bridgehead atoms. The van der Waals surface area contributed by atoms with E-state index in [0.717, 1.165) is 4.31 Å². The van der Waals surface area contributed by atoms with Crippen LogP contribution in [0.4, 0.5) is 0 Å². The molecule has 0 aromatic heterocycles. The molecule has 0 aliphatic carbocycles. The molecule has 0 saturated heterocycles. The zero-order valence-corrected chi connectivity index (χ0v) is 16.3. The van der Waals surface area contributed by atoms with Gasteiger partial charge in [0.05, 0.1) is 11.4 Å². The Bertz CT molecular complexity index is 695. The number of amides is 2. The molecule has 1 aromatic rings. The minimum Gasteiger partial charge on any atom is -0.348 e. The van der Waals surface area contributed by atoms with Crippen LogP contribution in [0.25, 0.3) is 0 Å². The van der Waals surface area contributed by atoms with Gasteiger partial charge in [-0.2, -0.15) is 4.31 Å². The van der Waals surface area contributed by atoms with Crippen molar-refractivity contribution in [1.82, 2.24) is 14.1 Å². The first-order valence-corrected chi connectivity index (χ1v) is 9.72. The van der Waals surface area contributed by atoms with Gasteiger partial charge in [0.1, 0.15) is 0 Å². The summed E-state index contributed by atoms with van der Waals surface area (Å²) in [6.07, 6.45) is 0. The maximum absolute atomic E-state index is 12.7. The van der Waals surface area contributed by atoms with Crippen LogP contribution in [0.5, 0.6) is 0 Å². The molecule has 2 amide bonds. The predicted molar refractivity (Wildman–Crippen MR) is 96.8 cm³/mol. The fraction of sp³-hybridized carbons (Fsp3) is 0.529. The molecule has 0 fully saturated rings. The van der Waals surface area contributed by atoms with Crippen molar-refractivity contribution in [3.8, 4) is 0 Å². The topological polar surface area (TPSA) is 78.0 Å². The van der Waals surface area contributed by atoms with Crippen molar-refractivity contribution in [2.45, 2.75) is 25.7 Å². The van der Waals surface area contributed by atoms with Crippen molar-refractivity contribution >= 4 is 21.8 Å². The lowest BCUT2D eigenvalue weighted by Gasteiger charge is -2.22. The molecule has 0 radical (unpaired) electrons. The normalized spacial score (nSPS) is 11.4. The van der Waals surface area contributed by atoms with Crippen LogP contribution in [0, 0.1) is 0 Å². The fourth-order valence-electron chi connectivity index (χ4n) is 2.27. The number of benzene rings is 1. The summed E-state index contributed by atoms with van der Waals surface area (Å²) < 4.78 is 26.5. The highest BCUT2D eigenvalue weighted by Crippen LogP contribution is 2.17. The van der Waals surface area contributed by atoms with Gasteiger partial charge in [0.15, 0.2) is 0 Å². The van der Waals surface area contributed by atoms with Crippen molar-refractivity contribution in [2.75, 3.05) is 40.3 Å². The van der Waals surface area contributed by atoms with Gasteiger partial charge in [-0.15, -0.1) is 0 Å². The van der Waals surface area contributed by atoms with Crippen molar-refractivity contribution in [2.24, 2.45) is 0 Å². The zero-order chi connectivity index (χ0) is 19.2. The third-order valence-corrected chi connectivity index (χ3v) is 5.89. The van der Waals surface area contributed by atoms with Gasteiger partial charge in [-0.05, 0) is 38.1 Å². The Balaban J connectivity index is 3.06. The van der Waals surface area contributed by atoms with Gasteiger partial charge < -0.3 is 9.80 Å². The van der Waals surface area contributed by atoms with Crippen molar-refractivity contribution in [3.05, 3.63) is 29.8 Å². The lowest BCUT2D eigenvalue weighted by Crippen LogP contribution is -2.40. The summed E-state index contributed by atoms with van der Waals surface area (Å²) in [5.74, 6) is -0.428. The van der Waals surface area contributed by atoms with Crippen LogP contribution in [0.15, 0.2) is 29.2 Å². The van der Waals surface area contributed by atoms with Crippen molar-refractivity contribution < 1.29 is 18.0 Å². The molecule has 0 atom stereocenters. The van der Waals surface area contributed by atoms with Gasteiger partial charge in [-0.1, -0.05) is 6.92 Å². The third-order valence-electron chi connectivity index (χ3n) is 3.95. The van der Waals surface area contributed by atoms with E-state index in [1.54, 1.807) is 25.9 Å². The number of nitrogens with zero attached hydrogens (tertiary/aromatic N) is 3. The SMILES string of the molecule is CCN(CC)C(=O)c1ccc(S(=O)(=O)N(CC)CC(=O)N(C)C)cc1. The molecular formula is C17H27N3O4S. The Morgan fingerprint density at radius 3 is 1.84 bits per heavy atom. The second-order valence-corrected chi connectivity index (χ2v) is 7.66. The summed E-state index contributed by atoms with van der Waals surface area (Å²) in [5, 5.41) is 0. The van der Waals surface area contributed by atoms with E-state index in [4.69, 9.17) is 0 Å². The highest BCUT2D eigenvalue weighted by molar-refractivity contribution is 7.89. The maximum Gasteiger partial charge on any atom is 0.253 e. The number of carbonyl (C=O) groups is 2. The maximum atomic E-state index is 12.7. The first-order valence-electron chi connectivity index (χ1n) is 8.28. The highest BCUT2D eigenvalue weighted by atomic mass is 32.2. The first-order chi connectivity index (χ1) is 11.7. The molecule has 140 valence electrons. The molecule has 1 rings (SSSR count). The van der Waals surface area contributed by atoms with E-state index < -0.39 is 10.0 Å². The monoisotopic (exact) mass is 369 g/mol. The summed E-state index contributed by atoms with van der Waals surface area (Å²) in [6.45, 7) is 6.60. The van der Waals surface area contributed by atoms with Crippen LogP contribution < -0.4 is 0 Å². The number of carbonyl (C=O) groups excluding carboxylic acids is 2. The Kier molecular flexibility index (Phi) is 7.57. The Morgan fingerprint density at radius 1 is 0.920 bits per heavy atom. The summed E-state index contributed by atoms with van der Waals surface area (Å²) in [5.41, 5.74) is 0.440. The Labute approximate surface area is 150 Å². The summed E-state index contributed by atoms with van der Waals surface area (Å²) in [4.78, 5) is 27.2. The Morgan fingerprint density at radius 2 is 1.44 bits per heavy atom. The van der Waals surface area contributed by atoms with Crippen LogP contribution in [0.3, 0.4) is 0 Å². The molecule has 0 aliphatic rings. The zero-order valence-electron chi connectivity index (χ0n) is 15.5. The van der Waals surface area contributed by atoms with Gasteiger partial charge in [-0.3, -0.25) is 9.59 Å². The summed E-state index contributed by atoms with van der Waals surface area (Å²) in [6, 6.07) is 5.84. The molecular weight excluding hydrogens is 342 g/mol. The molecule has 0 aliphatic heterocycles. The van der Waals surface area contributed by atoms with E-state index in [2.05, 4.69) is 0 Å². The molecule has 0 heterocycles. The lowest BCUT2D eigenvalue weighted by molar-refractivity contribution is -0.128. The van der Waals surface area contributed by atoms with Gasteiger partial charge in [-0.25, -0.2) is 8.42 Å². The third kappa shape index (κ3) is 5.02. The minimum absolute atomic E-state index is 0.0667. The van der Waals surface area contributed by atoms with Crippen LogP contribution in [0.2, 0.25) is 0 Å². The van der Waals surface area contributed by atoms with E-state index in [1.807, 2.05) is 13.8 Å². The average Bonchev–Trinajstić information content (AvgIpc) is 2.60. The molecule has 0 N–H and O–H groups in total. The van der Waals surface area contributed by atoms with E-state index in [-0.39, 0.29) is 29.8 Å². The van der Waals surface area contributed by atoms with E-state index in [0.29, 0.717) is 18.7 Å². The van der Waals surface area contributed by atoms with E-state index in [1.165, 1.54) is 29.2 Å². The molecule has 8 heteroatoms. The fourth-order valence-corrected chi connectivity index (χ4v) is 3.67. The standard InChI is InChI=1S/C17H27N3O4S/c1-6-19(7-2)17(22)14-9-11-15(12-10-14)25(23,24)20(8-3)13-16(21)18(4)5/h9-12H,6-8,13H2,1-5H3. The van der Waals surface area contributed by atoms with Crippen molar-refractivity contribution in [3.63, 3.8) is 0 Å².